The molecule has 0 fully saturated rings. The Kier molecular flexibility index (Phi) is 6.17. The van der Waals surface area contributed by atoms with Gasteiger partial charge in [0.1, 0.15) is 5.82 Å². The van der Waals surface area contributed by atoms with Crippen molar-refractivity contribution in [3.63, 3.8) is 0 Å². The molecule has 0 aliphatic carbocycles. The molecule has 7 heteroatoms. The van der Waals surface area contributed by atoms with E-state index in [4.69, 9.17) is 27.9 Å². The van der Waals surface area contributed by atoms with Crippen LogP contribution in [0.15, 0.2) is 36.4 Å². The van der Waals surface area contributed by atoms with Gasteiger partial charge in [0.05, 0.1) is 10.6 Å². The van der Waals surface area contributed by atoms with Crippen molar-refractivity contribution < 1.29 is 18.7 Å². The minimum atomic E-state index is -0.751. The number of carbonyl (C=O) groups is 2. The molecular weight excluding hydrogens is 356 g/mol. The Morgan fingerprint density at radius 2 is 1.92 bits per heavy atom. The second kappa shape index (κ2) is 8.13. The predicted molar refractivity (Wildman–Crippen MR) is 89.7 cm³/mol. The van der Waals surface area contributed by atoms with Gasteiger partial charge in [-0.3, -0.25) is 4.79 Å². The zero-order chi connectivity index (χ0) is 17.7. The van der Waals surface area contributed by atoms with Crippen molar-refractivity contribution in [1.82, 2.24) is 5.32 Å². The third-order valence-corrected chi connectivity index (χ3v) is 3.77. The molecule has 2 aromatic rings. The summed E-state index contributed by atoms with van der Waals surface area (Å²) >= 11 is 11.7. The predicted octanol–water partition coefficient (Wildman–Crippen LogP) is 3.91. The van der Waals surface area contributed by atoms with E-state index in [-0.39, 0.29) is 22.9 Å². The molecular formula is C17H14Cl2FNO3. The Balaban J connectivity index is 1.85. The summed E-state index contributed by atoms with van der Waals surface area (Å²) in [5, 5.41) is 3.05. The van der Waals surface area contributed by atoms with Crippen molar-refractivity contribution in [2.75, 3.05) is 6.61 Å². The maximum Gasteiger partial charge on any atom is 0.340 e. The molecule has 0 saturated heterocycles. The first-order valence-electron chi connectivity index (χ1n) is 7.00. The Morgan fingerprint density at radius 1 is 1.17 bits per heavy atom. The van der Waals surface area contributed by atoms with Gasteiger partial charge < -0.3 is 10.1 Å². The third-order valence-electron chi connectivity index (χ3n) is 3.21. The largest absolute Gasteiger partial charge is 0.452 e. The van der Waals surface area contributed by atoms with E-state index in [1.807, 2.05) is 0 Å². The fourth-order valence-corrected chi connectivity index (χ4v) is 2.23. The normalized spacial score (nSPS) is 10.3. The topological polar surface area (TPSA) is 55.4 Å². The summed E-state index contributed by atoms with van der Waals surface area (Å²) < 4.78 is 18.3. The average Bonchev–Trinajstić information content (AvgIpc) is 2.56. The quantitative estimate of drug-likeness (QED) is 0.812. The number of ether oxygens (including phenoxy) is 1. The van der Waals surface area contributed by atoms with E-state index in [1.54, 1.807) is 19.1 Å². The molecule has 0 radical (unpaired) electrons. The van der Waals surface area contributed by atoms with Gasteiger partial charge in [-0.05, 0) is 42.3 Å². The highest BCUT2D eigenvalue weighted by molar-refractivity contribution is 6.35. The van der Waals surface area contributed by atoms with Gasteiger partial charge in [-0.2, -0.15) is 0 Å². The SMILES string of the molecule is Cc1ccc(CNC(=O)COC(=O)c2cc(Cl)ccc2Cl)cc1F. The van der Waals surface area contributed by atoms with Gasteiger partial charge in [-0.15, -0.1) is 0 Å². The Labute approximate surface area is 148 Å². The fourth-order valence-electron chi connectivity index (χ4n) is 1.86. The molecule has 0 aromatic heterocycles. The minimum absolute atomic E-state index is 0.0811. The van der Waals surface area contributed by atoms with Gasteiger partial charge >= 0.3 is 5.97 Å². The number of aryl methyl sites for hydroxylation is 1. The molecule has 0 heterocycles. The first-order valence-corrected chi connectivity index (χ1v) is 7.76. The van der Waals surface area contributed by atoms with Crippen LogP contribution >= 0.6 is 23.2 Å². The molecule has 2 aromatic carbocycles. The van der Waals surface area contributed by atoms with E-state index in [1.165, 1.54) is 24.3 Å². The summed E-state index contributed by atoms with van der Waals surface area (Å²) in [5.74, 6) is -1.61. The van der Waals surface area contributed by atoms with E-state index in [0.717, 1.165) is 0 Å². The monoisotopic (exact) mass is 369 g/mol. The van der Waals surface area contributed by atoms with Crippen LogP contribution in [-0.4, -0.2) is 18.5 Å². The lowest BCUT2D eigenvalue weighted by atomic mass is 10.1. The van der Waals surface area contributed by atoms with Crippen LogP contribution in [0.25, 0.3) is 0 Å². The van der Waals surface area contributed by atoms with Crippen molar-refractivity contribution in [1.29, 1.82) is 0 Å². The van der Waals surface area contributed by atoms with Crippen molar-refractivity contribution in [3.05, 3.63) is 69.0 Å². The number of esters is 1. The number of amides is 1. The number of carbonyl (C=O) groups excluding carboxylic acids is 2. The lowest BCUT2D eigenvalue weighted by Gasteiger charge is -2.08. The first kappa shape index (κ1) is 18.2. The Hall–Kier alpha value is -2.11. The number of hydrogen-bond donors (Lipinski definition) is 1. The average molecular weight is 370 g/mol. The van der Waals surface area contributed by atoms with Crippen LogP contribution in [0.4, 0.5) is 4.39 Å². The van der Waals surface area contributed by atoms with Crippen LogP contribution in [0.1, 0.15) is 21.5 Å². The first-order chi connectivity index (χ1) is 11.4. The number of nitrogens with one attached hydrogen (secondary N) is 1. The highest BCUT2D eigenvalue weighted by Gasteiger charge is 2.14. The van der Waals surface area contributed by atoms with E-state index in [2.05, 4.69) is 5.32 Å². The summed E-state index contributed by atoms with van der Waals surface area (Å²) in [4.78, 5) is 23.6. The molecule has 1 amide bonds. The number of rotatable bonds is 5. The molecule has 0 saturated carbocycles. The Bertz CT molecular complexity index is 780. The van der Waals surface area contributed by atoms with Gasteiger partial charge in [0.25, 0.3) is 5.91 Å². The highest BCUT2D eigenvalue weighted by atomic mass is 35.5. The summed E-state index contributed by atoms with van der Waals surface area (Å²) in [5.41, 5.74) is 1.21. The van der Waals surface area contributed by atoms with Crippen LogP contribution in [0.2, 0.25) is 10.0 Å². The van der Waals surface area contributed by atoms with Gasteiger partial charge in [0.2, 0.25) is 0 Å². The van der Waals surface area contributed by atoms with Crippen LogP contribution in [0.3, 0.4) is 0 Å². The van der Waals surface area contributed by atoms with Crippen molar-refractivity contribution in [3.8, 4) is 0 Å². The molecule has 24 heavy (non-hydrogen) atoms. The van der Waals surface area contributed by atoms with E-state index < -0.39 is 18.5 Å². The fraction of sp³-hybridized carbons (Fsp3) is 0.176. The molecule has 0 bridgehead atoms. The van der Waals surface area contributed by atoms with Gasteiger partial charge in [0, 0.05) is 11.6 Å². The van der Waals surface area contributed by atoms with Crippen molar-refractivity contribution in [2.24, 2.45) is 0 Å². The summed E-state index contributed by atoms with van der Waals surface area (Å²) in [6, 6.07) is 9.03. The number of benzene rings is 2. The molecule has 0 spiro atoms. The minimum Gasteiger partial charge on any atom is -0.452 e. The van der Waals surface area contributed by atoms with Crippen molar-refractivity contribution in [2.45, 2.75) is 13.5 Å². The molecule has 0 aliphatic heterocycles. The maximum atomic E-state index is 13.4. The van der Waals surface area contributed by atoms with Crippen LogP contribution in [-0.2, 0) is 16.1 Å². The summed E-state index contributed by atoms with van der Waals surface area (Å²) in [6.45, 7) is 1.31. The smallest absolute Gasteiger partial charge is 0.340 e. The summed E-state index contributed by atoms with van der Waals surface area (Å²) in [6.07, 6.45) is 0. The molecule has 2 rings (SSSR count). The second-order valence-electron chi connectivity index (χ2n) is 5.06. The molecule has 4 nitrogen and oxygen atoms in total. The van der Waals surface area contributed by atoms with Crippen LogP contribution in [0, 0.1) is 12.7 Å². The maximum absolute atomic E-state index is 13.4. The standard InChI is InChI=1S/C17H14Cl2FNO3/c1-10-2-3-11(6-15(10)20)8-21-16(22)9-24-17(23)13-7-12(18)4-5-14(13)19/h2-7H,8-9H2,1H3,(H,21,22). The zero-order valence-corrected chi connectivity index (χ0v) is 14.2. The van der Waals surface area contributed by atoms with Gasteiger partial charge in [-0.25, -0.2) is 9.18 Å². The third kappa shape index (κ3) is 4.94. The second-order valence-corrected chi connectivity index (χ2v) is 5.90. The van der Waals surface area contributed by atoms with Crippen LogP contribution in [0.5, 0.6) is 0 Å². The van der Waals surface area contributed by atoms with Gasteiger partial charge in [0.15, 0.2) is 6.61 Å². The zero-order valence-electron chi connectivity index (χ0n) is 12.7. The molecule has 0 unspecified atom stereocenters. The summed E-state index contributed by atoms with van der Waals surface area (Å²) in [7, 11) is 0. The molecule has 0 aliphatic rings. The van der Waals surface area contributed by atoms with E-state index in [9.17, 15) is 14.0 Å². The molecule has 126 valence electrons. The number of hydrogen-bond acceptors (Lipinski definition) is 3. The Morgan fingerprint density at radius 3 is 2.62 bits per heavy atom. The lowest BCUT2D eigenvalue weighted by Crippen LogP contribution is -2.28. The van der Waals surface area contributed by atoms with Crippen LogP contribution < -0.4 is 5.32 Å². The van der Waals surface area contributed by atoms with E-state index in [0.29, 0.717) is 16.1 Å². The number of halogens is 3. The van der Waals surface area contributed by atoms with Crippen molar-refractivity contribution >= 4 is 35.1 Å². The van der Waals surface area contributed by atoms with Gasteiger partial charge in [-0.1, -0.05) is 35.3 Å². The highest BCUT2D eigenvalue weighted by Crippen LogP contribution is 2.21. The molecule has 1 N–H and O–H groups in total. The van der Waals surface area contributed by atoms with E-state index >= 15 is 0 Å². The lowest BCUT2D eigenvalue weighted by molar-refractivity contribution is -0.124. The molecule has 0 atom stereocenters.